The van der Waals surface area contributed by atoms with E-state index in [-0.39, 0.29) is 29.8 Å². The van der Waals surface area contributed by atoms with Crippen LogP contribution in [0.3, 0.4) is 0 Å². The van der Waals surface area contributed by atoms with Crippen molar-refractivity contribution in [3.63, 3.8) is 0 Å². The van der Waals surface area contributed by atoms with Gasteiger partial charge in [-0.05, 0) is 45.0 Å². The van der Waals surface area contributed by atoms with E-state index in [2.05, 4.69) is 20.8 Å². The highest BCUT2D eigenvalue weighted by molar-refractivity contribution is 6.54. The van der Waals surface area contributed by atoms with Crippen molar-refractivity contribution in [3.05, 3.63) is 11.5 Å². The molecule has 0 aromatic carbocycles. The summed E-state index contributed by atoms with van der Waals surface area (Å²) in [6.07, 6.45) is 1.80. The summed E-state index contributed by atoms with van der Waals surface area (Å²) in [6.45, 7) is 14.8. The van der Waals surface area contributed by atoms with Gasteiger partial charge < -0.3 is 19.3 Å². The first-order chi connectivity index (χ1) is 9.85. The van der Waals surface area contributed by atoms with Crippen LogP contribution in [-0.4, -0.2) is 47.0 Å². The van der Waals surface area contributed by atoms with E-state index >= 15 is 0 Å². The summed E-state index contributed by atoms with van der Waals surface area (Å²) in [7, 11) is -0.384. The van der Waals surface area contributed by atoms with Crippen molar-refractivity contribution in [1.82, 2.24) is 4.90 Å². The van der Waals surface area contributed by atoms with Crippen LogP contribution in [0.2, 0.25) is 0 Å². The second-order valence-corrected chi connectivity index (χ2v) is 8.37. The molecule has 1 fully saturated rings. The highest BCUT2D eigenvalue weighted by Crippen LogP contribution is 2.41. The molecule has 1 saturated heterocycles. The van der Waals surface area contributed by atoms with Crippen LogP contribution in [0.4, 0.5) is 4.79 Å². The fraction of sp³-hybridized carbons (Fsp3) is 0.812. The van der Waals surface area contributed by atoms with Crippen molar-refractivity contribution < 1.29 is 19.2 Å². The average molecular weight is 309 g/mol. The summed E-state index contributed by atoms with van der Waals surface area (Å²) in [6, 6.07) is -0.173. The number of hydrogen-bond acceptors (Lipinski definition) is 3. The first kappa shape index (κ1) is 17.4. The van der Waals surface area contributed by atoms with Crippen LogP contribution in [0.1, 0.15) is 54.9 Å². The van der Waals surface area contributed by atoms with Gasteiger partial charge >= 0.3 is 13.2 Å². The molecule has 22 heavy (non-hydrogen) atoms. The van der Waals surface area contributed by atoms with Crippen LogP contribution in [0.25, 0.3) is 0 Å². The molecule has 2 rings (SSSR count). The van der Waals surface area contributed by atoms with E-state index in [1.54, 1.807) is 0 Å². The molecule has 0 bridgehead atoms. The zero-order valence-corrected chi connectivity index (χ0v) is 14.8. The molecule has 0 aliphatic carbocycles. The molecule has 0 aromatic rings. The number of hydrogen-bond donors (Lipinski definition) is 1. The molecule has 0 spiro atoms. The molecule has 2 aliphatic rings. The largest absolute Gasteiger partial charge is 0.490 e. The second kappa shape index (κ2) is 5.27. The number of rotatable bonds is 1. The maximum atomic E-state index is 11.5. The Bertz CT molecular complexity index is 477. The van der Waals surface area contributed by atoms with E-state index in [0.717, 1.165) is 5.47 Å². The molecule has 1 N–H and O–H groups in total. The average Bonchev–Trinajstić information content (AvgIpc) is 2.56. The minimum Gasteiger partial charge on any atom is -0.465 e. The van der Waals surface area contributed by atoms with E-state index < -0.39 is 6.09 Å². The maximum absolute atomic E-state index is 11.5. The number of amides is 1. The molecule has 1 atom stereocenters. The van der Waals surface area contributed by atoms with Gasteiger partial charge in [-0.1, -0.05) is 26.8 Å². The van der Waals surface area contributed by atoms with Crippen molar-refractivity contribution in [3.8, 4) is 0 Å². The van der Waals surface area contributed by atoms with Crippen LogP contribution in [0.5, 0.6) is 0 Å². The number of carbonyl (C=O) groups is 1. The second-order valence-electron chi connectivity index (χ2n) is 8.37. The van der Waals surface area contributed by atoms with Crippen molar-refractivity contribution in [1.29, 1.82) is 0 Å². The van der Waals surface area contributed by atoms with Gasteiger partial charge in [0.1, 0.15) is 0 Å². The Labute approximate surface area is 133 Å². The Hall–Kier alpha value is -1.01. The molecule has 2 aliphatic heterocycles. The van der Waals surface area contributed by atoms with Crippen LogP contribution in [0, 0.1) is 5.41 Å². The van der Waals surface area contributed by atoms with Crippen molar-refractivity contribution in [2.45, 2.75) is 72.1 Å². The number of carboxylic acid groups (broad SMARTS) is 1. The minimum atomic E-state index is -0.871. The summed E-state index contributed by atoms with van der Waals surface area (Å²) in [5.74, 6) is 0. The topological polar surface area (TPSA) is 59.0 Å². The molecule has 124 valence electrons. The fourth-order valence-corrected chi connectivity index (χ4v) is 2.89. The number of nitrogens with zero attached hydrogens (tertiary/aromatic N) is 1. The first-order valence-electron chi connectivity index (χ1n) is 7.91. The lowest BCUT2D eigenvalue weighted by Crippen LogP contribution is -2.49. The van der Waals surface area contributed by atoms with Crippen LogP contribution in [0.15, 0.2) is 11.5 Å². The van der Waals surface area contributed by atoms with Gasteiger partial charge in [0.25, 0.3) is 0 Å². The third-order valence-electron chi connectivity index (χ3n) is 5.04. The summed E-state index contributed by atoms with van der Waals surface area (Å²) in [5.41, 5.74) is 0.128. The Kier molecular flexibility index (Phi) is 4.16. The van der Waals surface area contributed by atoms with Gasteiger partial charge in [-0.2, -0.15) is 0 Å². The van der Waals surface area contributed by atoms with Gasteiger partial charge in [0.2, 0.25) is 0 Å². The Morgan fingerprint density at radius 2 is 1.77 bits per heavy atom. The van der Waals surface area contributed by atoms with E-state index in [0.29, 0.717) is 13.0 Å². The maximum Gasteiger partial charge on any atom is 0.490 e. The van der Waals surface area contributed by atoms with Crippen LogP contribution >= 0.6 is 0 Å². The van der Waals surface area contributed by atoms with Crippen LogP contribution in [-0.2, 0) is 9.31 Å². The highest BCUT2D eigenvalue weighted by atomic mass is 16.7. The standard InChI is InChI=1S/C16H28BNO4/c1-14(2,3)12-10-11(8-9-18(12)13(19)20)17-21-15(4,5)16(6,7)22-17/h10,12H,8-9H2,1-7H3,(H,19,20). The lowest BCUT2D eigenvalue weighted by molar-refractivity contribution is 0.00578. The first-order valence-corrected chi connectivity index (χ1v) is 7.91. The molecule has 0 aromatic heterocycles. The molecular formula is C16H28BNO4. The normalized spacial score (nSPS) is 27.8. The SMILES string of the molecule is CC(C)(C)C1C=C(B2OC(C)(C)C(C)(C)O2)CCN1C(=O)O. The lowest BCUT2D eigenvalue weighted by atomic mass is 9.70. The van der Waals surface area contributed by atoms with Gasteiger partial charge in [-0.15, -0.1) is 0 Å². The predicted molar refractivity (Wildman–Crippen MR) is 86.8 cm³/mol. The summed E-state index contributed by atoms with van der Waals surface area (Å²) < 4.78 is 12.2. The van der Waals surface area contributed by atoms with Gasteiger partial charge in [0.05, 0.1) is 17.2 Å². The summed E-state index contributed by atoms with van der Waals surface area (Å²) in [5, 5.41) is 9.42. The third kappa shape index (κ3) is 3.04. The predicted octanol–water partition coefficient (Wildman–Crippen LogP) is 3.34. The van der Waals surface area contributed by atoms with Gasteiger partial charge in [-0.3, -0.25) is 0 Å². The Morgan fingerprint density at radius 1 is 1.27 bits per heavy atom. The highest BCUT2D eigenvalue weighted by Gasteiger charge is 2.53. The molecule has 6 heteroatoms. The monoisotopic (exact) mass is 309 g/mol. The molecule has 2 heterocycles. The van der Waals surface area contributed by atoms with Crippen LogP contribution < -0.4 is 0 Å². The van der Waals surface area contributed by atoms with Crippen molar-refractivity contribution in [2.24, 2.45) is 5.41 Å². The molecule has 5 nitrogen and oxygen atoms in total. The summed E-state index contributed by atoms with van der Waals surface area (Å²) in [4.78, 5) is 13.0. The summed E-state index contributed by atoms with van der Waals surface area (Å²) >= 11 is 0. The van der Waals surface area contributed by atoms with E-state index in [4.69, 9.17) is 9.31 Å². The van der Waals surface area contributed by atoms with Gasteiger partial charge in [0, 0.05) is 6.54 Å². The zero-order chi connectivity index (χ0) is 16.9. The van der Waals surface area contributed by atoms with Gasteiger partial charge in [-0.25, -0.2) is 4.79 Å². The molecular weight excluding hydrogens is 281 g/mol. The van der Waals surface area contributed by atoms with Crippen molar-refractivity contribution >= 4 is 13.2 Å². The zero-order valence-electron chi connectivity index (χ0n) is 14.8. The van der Waals surface area contributed by atoms with E-state index in [1.165, 1.54) is 4.90 Å². The Balaban J connectivity index is 2.28. The van der Waals surface area contributed by atoms with E-state index in [9.17, 15) is 9.90 Å². The fourth-order valence-electron chi connectivity index (χ4n) is 2.89. The molecule has 1 unspecified atom stereocenters. The smallest absolute Gasteiger partial charge is 0.465 e. The molecule has 0 radical (unpaired) electrons. The quantitative estimate of drug-likeness (QED) is 0.755. The van der Waals surface area contributed by atoms with Crippen molar-refractivity contribution in [2.75, 3.05) is 6.54 Å². The minimum absolute atomic E-state index is 0.173. The van der Waals surface area contributed by atoms with Gasteiger partial charge in [0.15, 0.2) is 0 Å². The lowest BCUT2D eigenvalue weighted by Gasteiger charge is -2.40. The van der Waals surface area contributed by atoms with E-state index in [1.807, 2.05) is 33.8 Å². The third-order valence-corrected chi connectivity index (χ3v) is 5.04. The molecule has 0 saturated carbocycles. The Morgan fingerprint density at radius 3 is 2.18 bits per heavy atom. The molecule has 1 amide bonds.